The van der Waals surface area contributed by atoms with Crippen LogP contribution in [0.3, 0.4) is 0 Å². The number of fused-ring (bicyclic) bond motifs is 5. The highest BCUT2D eigenvalue weighted by molar-refractivity contribution is 5.87. The summed E-state index contributed by atoms with van der Waals surface area (Å²) in [6, 6.07) is 0. The first-order valence-corrected chi connectivity index (χ1v) is 14.6. The predicted molar refractivity (Wildman–Crippen MR) is 142 cm³/mol. The highest BCUT2D eigenvalue weighted by atomic mass is 16.5. The molecule has 0 N–H and O–H groups in total. The van der Waals surface area contributed by atoms with E-state index in [-0.39, 0.29) is 35.0 Å². The Bertz CT molecular complexity index is 954. The van der Waals surface area contributed by atoms with Crippen LogP contribution in [-0.4, -0.2) is 36.4 Å². The summed E-state index contributed by atoms with van der Waals surface area (Å²) in [4.78, 5) is 28.8. The minimum atomic E-state index is -0.161. The SMILES string of the molecule is CC(=O)O[C@H]1CC[C@@]2(C)C(=CC[C@H]3[C@@H]4C[C@@H](OC(C)=O)[C@H]([C@@H](C)C5=NC[C@@H](C)CC5)[C@@]4(C)CC[C@@H]32)C1. The molecule has 5 heteroatoms. The third kappa shape index (κ3) is 4.36. The molecule has 200 valence electrons. The normalized spacial score (nSPS) is 44.8. The average molecular weight is 498 g/mol. The van der Waals surface area contributed by atoms with Crippen LogP contribution in [0, 0.1) is 46.3 Å². The molecule has 0 radical (unpaired) electrons. The maximum Gasteiger partial charge on any atom is 0.302 e. The number of carbonyl (C=O) groups is 2. The van der Waals surface area contributed by atoms with Gasteiger partial charge in [-0.3, -0.25) is 14.6 Å². The van der Waals surface area contributed by atoms with Gasteiger partial charge in [-0.25, -0.2) is 0 Å². The Morgan fingerprint density at radius 3 is 2.47 bits per heavy atom. The standard InChI is InChI=1S/C31H47NO4/c1-18-7-10-27(32-17-18)19(2)29-28(36-21(4)34)16-26-24-9-8-22-15-23(35-20(3)33)11-13-30(22,5)25(24)12-14-31(26,29)6/h8,18-19,23-26,28-29H,7,9-17H2,1-6H3/t18-,19-,23-,24+,25-,26-,28+,29-,30-,31-/m0/s1. The van der Waals surface area contributed by atoms with E-state index in [0.717, 1.165) is 45.1 Å². The van der Waals surface area contributed by atoms with Gasteiger partial charge in [0.15, 0.2) is 0 Å². The Balaban J connectivity index is 1.43. The Morgan fingerprint density at radius 2 is 1.81 bits per heavy atom. The van der Waals surface area contributed by atoms with E-state index in [9.17, 15) is 9.59 Å². The van der Waals surface area contributed by atoms with Crippen LogP contribution >= 0.6 is 0 Å². The Hall–Kier alpha value is -1.65. The van der Waals surface area contributed by atoms with Crippen LogP contribution < -0.4 is 0 Å². The summed E-state index contributed by atoms with van der Waals surface area (Å²) in [7, 11) is 0. The zero-order chi connectivity index (χ0) is 25.8. The lowest BCUT2D eigenvalue weighted by Crippen LogP contribution is -2.51. The van der Waals surface area contributed by atoms with Gasteiger partial charge in [-0.1, -0.05) is 39.3 Å². The summed E-state index contributed by atoms with van der Waals surface area (Å²) in [6.07, 6.45) is 12.3. The van der Waals surface area contributed by atoms with Gasteiger partial charge in [0.25, 0.3) is 0 Å². The van der Waals surface area contributed by atoms with Crippen molar-refractivity contribution in [3.8, 4) is 0 Å². The second-order valence-corrected chi connectivity index (χ2v) is 13.5. The fourth-order valence-corrected chi connectivity index (χ4v) is 9.63. The van der Waals surface area contributed by atoms with Crippen LogP contribution in [0.4, 0.5) is 0 Å². The fraction of sp³-hybridized carbons (Fsp3) is 0.839. The number of aliphatic imine (C=N–C) groups is 1. The predicted octanol–water partition coefficient (Wildman–Crippen LogP) is 6.55. The number of nitrogens with zero attached hydrogens (tertiary/aromatic N) is 1. The maximum atomic E-state index is 12.2. The summed E-state index contributed by atoms with van der Waals surface area (Å²) in [6.45, 7) is 13.7. The highest BCUT2D eigenvalue weighted by Gasteiger charge is 2.63. The van der Waals surface area contributed by atoms with Gasteiger partial charge in [0.2, 0.25) is 0 Å². The third-order valence-corrected chi connectivity index (χ3v) is 11.4. The van der Waals surface area contributed by atoms with E-state index in [1.165, 1.54) is 37.5 Å². The van der Waals surface area contributed by atoms with Crippen LogP contribution in [-0.2, 0) is 19.1 Å². The highest BCUT2D eigenvalue weighted by Crippen LogP contribution is 2.67. The van der Waals surface area contributed by atoms with Crippen LogP contribution in [0.15, 0.2) is 16.6 Å². The smallest absolute Gasteiger partial charge is 0.302 e. The first kappa shape index (κ1) is 26.0. The Kier molecular flexibility index (Phi) is 6.91. The van der Waals surface area contributed by atoms with E-state index in [1.54, 1.807) is 6.92 Å². The van der Waals surface area contributed by atoms with Gasteiger partial charge in [-0.05, 0) is 85.9 Å². The topological polar surface area (TPSA) is 65.0 Å². The molecule has 10 atom stereocenters. The molecule has 5 aliphatic rings. The van der Waals surface area contributed by atoms with Gasteiger partial charge in [0.05, 0.1) is 0 Å². The van der Waals surface area contributed by atoms with Crippen molar-refractivity contribution in [1.29, 1.82) is 0 Å². The Labute approximate surface area is 217 Å². The lowest BCUT2D eigenvalue weighted by atomic mass is 9.47. The maximum absolute atomic E-state index is 12.2. The quantitative estimate of drug-likeness (QED) is 0.326. The van der Waals surface area contributed by atoms with Gasteiger partial charge < -0.3 is 9.47 Å². The number of rotatable bonds is 4. The van der Waals surface area contributed by atoms with Crippen molar-refractivity contribution < 1.29 is 19.1 Å². The van der Waals surface area contributed by atoms with Crippen LogP contribution in [0.25, 0.3) is 0 Å². The Morgan fingerprint density at radius 1 is 1.06 bits per heavy atom. The van der Waals surface area contributed by atoms with Crippen molar-refractivity contribution in [3.63, 3.8) is 0 Å². The molecule has 0 aromatic carbocycles. The lowest BCUT2D eigenvalue weighted by molar-refractivity contribution is -0.150. The number of ether oxygens (including phenoxy) is 2. The number of hydrogen-bond acceptors (Lipinski definition) is 5. The summed E-state index contributed by atoms with van der Waals surface area (Å²) in [5.74, 6) is 2.93. The zero-order valence-corrected chi connectivity index (χ0v) is 23.3. The van der Waals surface area contributed by atoms with E-state index < -0.39 is 0 Å². The molecule has 0 spiro atoms. The van der Waals surface area contributed by atoms with Crippen molar-refractivity contribution in [1.82, 2.24) is 0 Å². The first-order valence-electron chi connectivity index (χ1n) is 14.6. The molecule has 0 saturated heterocycles. The molecule has 4 aliphatic carbocycles. The van der Waals surface area contributed by atoms with E-state index in [2.05, 4.69) is 33.8 Å². The molecule has 0 aromatic heterocycles. The molecular formula is C31H47NO4. The molecule has 0 bridgehead atoms. The zero-order valence-electron chi connectivity index (χ0n) is 23.3. The molecule has 5 rings (SSSR count). The lowest BCUT2D eigenvalue weighted by Gasteiger charge is -2.58. The largest absolute Gasteiger partial charge is 0.462 e. The van der Waals surface area contributed by atoms with Crippen molar-refractivity contribution in [3.05, 3.63) is 11.6 Å². The van der Waals surface area contributed by atoms with E-state index in [4.69, 9.17) is 14.5 Å². The minimum absolute atomic E-state index is 0.00816. The number of esters is 2. The molecule has 3 fully saturated rings. The van der Waals surface area contributed by atoms with Crippen molar-refractivity contribution in [2.24, 2.45) is 51.3 Å². The summed E-state index contributed by atoms with van der Waals surface area (Å²) in [5, 5.41) is 0. The van der Waals surface area contributed by atoms with E-state index in [1.807, 2.05) is 0 Å². The van der Waals surface area contributed by atoms with Crippen molar-refractivity contribution >= 4 is 17.7 Å². The fourth-order valence-electron chi connectivity index (χ4n) is 9.63. The molecule has 0 aromatic rings. The van der Waals surface area contributed by atoms with Gasteiger partial charge in [-0.15, -0.1) is 0 Å². The van der Waals surface area contributed by atoms with Crippen LogP contribution in [0.1, 0.15) is 99.3 Å². The molecule has 5 nitrogen and oxygen atoms in total. The summed E-state index contributed by atoms with van der Waals surface area (Å²) < 4.78 is 11.7. The van der Waals surface area contributed by atoms with Gasteiger partial charge in [0.1, 0.15) is 12.2 Å². The third-order valence-electron chi connectivity index (χ3n) is 11.4. The second kappa shape index (κ2) is 9.58. The molecule has 0 unspecified atom stereocenters. The summed E-state index contributed by atoms with van der Waals surface area (Å²) >= 11 is 0. The molecule has 1 heterocycles. The van der Waals surface area contributed by atoms with Crippen molar-refractivity contribution in [2.75, 3.05) is 6.54 Å². The minimum Gasteiger partial charge on any atom is -0.462 e. The monoisotopic (exact) mass is 497 g/mol. The van der Waals surface area contributed by atoms with Gasteiger partial charge in [0, 0.05) is 44.4 Å². The summed E-state index contributed by atoms with van der Waals surface area (Å²) in [5.41, 5.74) is 3.25. The van der Waals surface area contributed by atoms with Crippen LogP contribution in [0.5, 0.6) is 0 Å². The van der Waals surface area contributed by atoms with E-state index >= 15 is 0 Å². The van der Waals surface area contributed by atoms with Crippen molar-refractivity contribution in [2.45, 2.75) is 112 Å². The van der Waals surface area contributed by atoms with E-state index in [0.29, 0.717) is 35.5 Å². The molecule has 1 aliphatic heterocycles. The average Bonchev–Trinajstić information content (AvgIpc) is 3.10. The second-order valence-electron chi connectivity index (χ2n) is 13.5. The van der Waals surface area contributed by atoms with Gasteiger partial charge in [-0.2, -0.15) is 0 Å². The number of carbonyl (C=O) groups excluding carboxylic acids is 2. The molecular weight excluding hydrogens is 450 g/mol. The number of hydrogen-bond donors (Lipinski definition) is 0. The first-order chi connectivity index (χ1) is 17.0. The number of allylic oxidation sites excluding steroid dienone is 1. The molecule has 3 saturated carbocycles. The van der Waals surface area contributed by atoms with Crippen LogP contribution in [0.2, 0.25) is 0 Å². The van der Waals surface area contributed by atoms with Gasteiger partial charge >= 0.3 is 11.9 Å². The molecule has 0 amide bonds. The molecule has 36 heavy (non-hydrogen) atoms.